The third-order valence-corrected chi connectivity index (χ3v) is 5.14. The summed E-state index contributed by atoms with van der Waals surface area (Å²) in [7, 11) is 1.64. The maximum absolute atomic E-state index is 13.0. The van der Waals surface area contributed by atoms with E-state index in [2.05, 4.69) is 10.3 Å². The predicted molar refractivity (Wildman–Crippen MR) is 110 cm³/mol. The van der Waals surface area contributed by atoms with Crippen LogP contribution in [0.15, 0.2) is 59.4 Å². The number of nitrogens with one attached hydrogen (secondary N) is 2. The fourth-order valence-corrected chi connectivity index (χ4v) is 3.68. The molecule has 0 saturated carbocycles. The van der Waals surface area contributed by atoms with Gasteiger partial charge in [0, 0.05) is 41.8 Å². The molecule has 6 heteroatoms. The van der Waals surface area contributed by atoms with Crippen LogP contribution in [0.4, 0.5) is 5.69 Å². The highest BCUT2D eigenvalue weighted by Crippen LogP contribution is 2.20. The largest absolute Gasteiger partial charge is 0.497 e. The molecule has 0 bridgehead atoms. The first-order chi connectivity index (χ1) is 13.6. The lowest BCUT2D eigenvalue weighted by atomic mass is 10.0. The lowest BCUT2D eigenvalue weighted by Crippen LogP contribution is -2.45. The van der Waals surface area contributed by atoms with Gasteiger partial charge in [0.15, 0.2) is 5.43 Å². The summed E-state index contributed by atoms with van der Waals surface area (Å²) in [4.78, 5) is 30.2. The molecule has 1 saturated heterocycles. The number of aromatic amines is 1. The van der Waals surface area contributed by atoms with Gasteiger partial charge in [-0.05, 0) is 49.2 Å². The number of rotatable bonds is 4. The van der Waals surface area contributed by atoms with Crippen LogP contribution in [-0.2, 0) is 0 Å². The van der Waals surface area contributed by atoms with Crippen molar-refractivity contribution >= 4 is 22.5 Å². The fourth-order valence-electron chi connectivity index (χ4n) is 3.68. The van der Waals surface area contributed by atoms with E-state index in [1.165, 1.54) is 6.07 Å². The molecule has 6 nitrogen and oxygen atoms in total. The van der Waals surface area contributed by atoms with Gasteiger partial charge in [-0.25, -0.2) is 0 Å². The molecule has 1 atom stereocenters. The Bertz CT molecular complexity index is 1040. The molecular formula is C22H23N3O3. The third-order valence-electron chi connectivity index (χ3n) is 5.14. The lowest BCUT2D eigenvalue weighted by molar-refractivity contribution is 0.0709. The summed E-state index contributed by atoms with van der Waals surface area (Å²) in [6.07, 6.45) is 1.90. The normalized spacial score (nSPS) is 16.8. The molecule has 3 aromatic rings. The molecule has 1 amide bonds. The molecule has 0 spiro atoms. The topological polar surface area (TPSA) is 74.4 Å². The van der Waals surface area contributed by atoms with Gasteiger partial charge in [0.25, 0.3) is 5.91 Å². The van der Waals surface area contributed by atoms with Crippen LogP contribution in [0.5, 0.6) is 5.75 Å². The van der Waals surface area contributed by atoms with Crippen LogP contribution in [0.1, 0.15) is 23.3 Å². The average Bonchev–Trinajstić information content (AvgIpc) is 2.74. The number of carbonyl (C=O) groups is 1. The molecule has 1 aliphatic rings. The van der Waals surface area contributed by atoms with Crippen molar-refractivity contribution in [2.75, 3.05) is 25.5 Å². The van der Waals surface area contributed by atoms with Gasteiger partial charge < -0.3 is 19.9 Å². The van der Waals surface area contributed by atoms with Crippen molar-refractivity contribution in [2.45, 2.75) is 18.9 Å². The predicted octanol–water partition coefficient (Wildman–Crippen LogP) is 3.25. The Morgan fingerprint density at radius 2 is 1.96 bits per heavy atom. The van der Waals surface area contributed by atoms with Crippen LogP contribution in [0, 0.1) is 0 Å². The lowest BCUT2D eigenvalue weighted by Gasteiger charge is -2.33. The number of nitrogens with zero attached hydrogens (tertiary/aromatic N) is 1. The Morgan fingerprint density at radius 1 is 1.18 bits per heavy atom. The molecule has 1 fully saturated rings. The van der Waals surface area contributed by atoms with Crippen LogP contribution in [0.25, 0.3) is 10.9 Å². The number of fused-ring (bicyclic) bond motifs is 1. The van der Waals surface area contributed by atoms with Crippen molar-refractivity contribution in [1.82, 2.24) is 9.88 Å². The Hall–Kier alpha value is -3.28. The van der Waals surface area contributed by atoms with E-state index in [1.54, 1.807) is 13.2 Å². The second-order valence-electron chi connectivity index (χ2n) is 7.06. The van der Waals surface area contributed by atoms with Crippen molar-refractivity contribution in [3.63, 3.8) is 0 Å². The molecule has 4 rings (SSSR count). The van der Waals surface area contributed by atoms with E-state index in [9.17, 15) is 9.59 Å². The number of ether oxygens (including phenoxy) is 1. The fraction of sp³-hybridized carbons (Fsp3) is 0.273. The molecule has 1 aliphatic heterocycles. The first-order valence-electron chi connectivity index (χ1n) is 9.46. The van der Waals surface area contributed by atoms with E-state index >= 15 is 0 Å². The van der Waals surface area contributed by atoms with Gasteiger partial charge in [0.05, 0.1) is 7.11 Å². The molecule has 28 heavy (non-hydrogen) atoms. The number of aromatic nitrogens is 1. The van der Waals surface area contributed by atoms with Gasteiger partial charge in [0.2, 0.25) is 0 Å². The van der Waals surface area contributed by atoms with Crippen LogP contribution in [0.3, 0.4) is 0 Å². The van der Waals surface area contributed by atoms with Gasteiger partial charge >= 0.3 is 0 Å². The number of benzene rings is 2. The minimum absolute atomic E-state index is 0.135. The zero-order chi connectivity index (χ0) is 19.5. The summed E-state index contributed by atoms with van der Waals surface area (Å²) in [5.41, 5.74) is 1.89. The number of para-hydroxylation sites is 1. The Balaban J connectivity index is 1.49. The number of carbonyl (C=O) groups excluding carboxylic acids is 1. The first-order valence-corrected chi connectivity index (χ1v) is 9.46. The SMILES string of the molecule is COc1ccc(N[C@H]2CCCN(C(=O)c3cc(=O)c4ccccc4[nH]3)C2)cc1. The zero-order valence-electron chi connectivity index (χ0n) is 15.8. The molecule has 144 valence electrons. The van der Waals surface area contributed by atoms with Crippen LogP contribution < -0.4 is 15.5 Å². The maximum atomic E-state index is 13.0. The van der Waals surface area contributed by atoms with Gasteiger partial charge in [-0.3, -0.25) is 9.59 Å². The number of amides is 1. The second-order valence-corrected chi connectivity index (χ2v) is 7.06. The van der Waals surface area contributed by atoms with Crippen molar-refractivity contribution < 1.29 is 9.53 Å². The Morgan fingerprint density at radius 3 is 2.75 bits per heavy atom. The van der Waals surface area contributed by atoms with Crippen LogP contribution in [0.2, 0.25) is 0 Å². The molecule has 0 radical (unpaired) electrons. The minimum Gasteiger partial charge on any atom is -0.497 e. The molecule has 0 aliphatic carbocycles. The highest BCUT2D eigenvalue weighted by molar-refractivity contribution is 5.95. The summed E-state index contributed by atoms with van der Waals surface area (Å²) in [6, 6.07) is 16.6. The highest BCUT2D eigenvalue weighted by Gasteiger charge is 2.25. The van der Waals surface area contributed by atoms with E-state index in [1.807, 2.05) is 47.4 Å². The quantitative estimate of drug-likeness (QED) is 0.732. The number of anilines is 1. The standard InChI is InChI=1S/C22H23N3O3/c1-28-17-10-8-15(9-11-17)23-16-5-4-12-25(14-16)22(27)20-13-21(26)18-6-2-3-7-19(18)24-20/h2-3,6-11,13,16,23H,4-5,12,14H2,1H3,(H,24,26)/t16-/m0/s1. The summed E-state index contributed by atoms with van der Waals surface area (Å²) >= 11 is 0. The first kappa shape index (κ1) is 18.1. The van der Waals surface area contributed by atoms with E-state index in [0.717, 1.165) is 24.3 Å². The molecule has 0 unspecified atom stereocenters. The van der Waals surface area contributed by atoms with Crippen molar-refractivity contribution in [2.24, 2.45) is 0 Å². The Kier molecular flexibility index (Phi) is 5.02. The molecule has 2 heterocycles. The zero-order valence-corrected chi connectivity index (χ0v) is 15.8. The van der Waals surface area contributed by atoms with Crippen molar-refractivity contribution in [1.29, 1.82) is 0 Å². The number of pyridine rings is 1. The maximum Gasteiger partial charge on any atom is 0.270 e. The number of H-pyrrole nitrogens is 1. The number of hydrogen-bond acceptors (Lipinski definition) is 4. The smallest absolute Gasteiger partial charge is 0.270 e. The monoisotopic (exact) mass is 377 g/mol. The van der Waals surface area contributed by atoms with E-state index < -0.39 is 0 Å². The van der Waals surface area contributed by atoms with Gasteiger partial charge in [-0.1, -0.05) is 12.1 Å². The second kappa shape index (κ2) is 7.76. The molecule has 2 aromatic carbocycles. The number of methoxy groups -OCH3 is 1. The van der Waals surface area contributed by atoms with Gasteiger partial charge in [-0.15, -0.1) is 0 Å². The summed E-state index contributed by atoms with van der Waals surface area (Å²) < 4.78 is 5.19. The Labute approximate surface area is 163 Å². The van der Waals surface area contributed by atoms with Gasteiger partial charge in [-0.2, -0.15) is 0 Å². The van der Waals surface area contributed by atoms with E-state index in [4.69, 9.17) is 4.74 Å². The molecule has 1 aromatic heterocycles. The summed E-state index contributed by atoms with van der Waals surface area (Å²) in [5.74, 6) is 0.676. The highest BCUT2D eigenvalue weighted by atomic mass is 16.5. The third kappa shape index (κ3) is 3.71. The number of likely N-dealkylation sites (tertiary alicyclic amines) is 1. The summed E-state index contributed by atoms with van der Waals surface area (Å²) in [6.45, 7) is 1.29. The van der Waals surface area contributed by atoms with Gasteiger partial charge in [0.1, 0.15) is 11.4 Å². The van der Waals surface area contributed by atoms with Crippen LogP contribution in [-0.4, -0.2) is 42.0 Å². The summed E-state index contributed by atoms with van der Waals surface area (Å²) in [5, 5.41) is 4.08. The molecular weight excluding hydrogens is 354 g/mol. The van der Waals surface area contributed by atoms with Crippen molar-refractivity contribution in [3.05, 3.63) is 70.5 Å². The number of hydrogen-bond donors (Lipinski definition) is 2. The van der Waals surface area contributed by atoms with E-state index in [0.29, 0.717) is 29.7 Å². The number of piperidine rings is 1. The molecule has 2 N–H and O–H groups in total. The van der Waals surface area contributed by atoms with Crippen LogP contribution >= 0.6 is 0 Å². The average molecular weight is 377 g/mol. The minimum atomic E-state index is -0.136. The van der Waals surface area contributed by atoms with Crippen molar-refractivity contribution in [3.8, 4) is 5.75 Å². The van der Waals surface area contributed by atoms with E-state index in [-0.39, 0.29) is 17.4 Å².